The van der Waals surface area contributed by atoms with Crippen molar-refractivity contribution in [2.24, 2.45) is 10.4 Å². The third kappa shape index (κ3) is 6.80. The summed E-state index contributed by atoms with van der Waals surface area (Å²) in [4.78, 5) is 19.1. The summed E-state index contributed by atoms with van der Waals surface area (Å²) in [6.45, 7) is 2.01. The van der Waals surface area contributed by atoms with E-state index in [9.17, 15) is 18.0 Å². The molecule has 2 rings (SSSR count). The molecule has 2 aliphatic rings. The minimum Gasteiger partial charge on any atom is -0.355 e. The van der Waals surface area contributed by atoms with Gasteiger partial charge in [-0.05, 0) is 19.9 Å². The van der Waals surface area contributed by atoms with Gasteiger partial charge in [-0.1, -0.05) is 0 Å². The lowest BCUT2D eigenvalue weighted by Gasteiger charge is -2.40. The smallest absolute Gasteiger partial charge is 0.355 e. The molecule has 0 aromatic carbocycles. The second-order valence-electron chi connectivity index (χ2n) is 6.81. The summed E-state index contributed by atoms with van der Waals surface area (Å²) in [5, 5.41) is 6.03. The highest BCUT2D eigenvalue weighted by atomic mass is 127. The summed E-state index contributed by atoms with van der Waals surface area (Å²) in [5.41, 5.74) is -0.0416. The fraction of sp³-hybridized carbons (Fsp3) is 0.867. The normalized spacial score (nSPS) is 24.5. The molecule has 0 aromatic rings. The number of amides is 1. The van der Waals surface area contributed by atoms with Crippen LogP contribution in [0.3, 0.4) is 0 Å². The Balaban J connectivity index is 0.00000312. The number of nitrogens with one attached hydrogen (secondary N) is 2. The Kier molecular flexibility index (Phi) is 8.23. The topological polar surface area (TPSA) is 60.0 Å². The molecule has 1 atom stereocenters. The Morgan fingerprint density at radius 2 is 2.20 bits per heavy atom. The molecular formula is C15H27F3IN5O. The fourth-order valence-corrected chi connectivity index (χ4v) is 3.50. The number of likely N-dealkylation sites (N-methyl/N-ethyl adjacent to an activating group) is 1. The van der Waals surface area contributed by atoms with Gasteiger partial charge in [0.2, 0.25) is 5.91 Å². The number of halogens is 4. The Morgan fingerprint density at radius 1 is 1.48 bits per heavy atom. The van der Waals surface area contributed by atoms with E-state index in [-0.39, 0.29) is 41.8 Å². The molecule has 0 radical (unpaired) electrons. The predicted molar refractivity (Wildman–Crippen MR) is 101 cm³/mol. The van der Waals surface area contributed by atoms with Crippen LogP contribution in [0.15, 0.2) is 4.99 Å². The van der Waals surface area contributed by atoms with Crippen molar-refractivity contribution in [1.29, 1.82) is 0 Å². The van der Waals surface area contributed by atoms with Gasteiger partial charge < -0.3 is 15.5 Å². The van der Waals surface area contributed by atoms with Crippen LogP contribution in [-0.4, -0.2) is 81.2 Å². The fourth-order valence-electron chi connectivity index (χ4n) is 3.50. The maximum Gasteiger partial charge on any atom is 0.401 e. The van der Waals surface area contributed by atoms with Gasteiger partial charge in [0.15, 0.2) is 5.96 Å². The molecule has 2 aliphatic heterocycles. The van der Waals surface area contributed by atoms with E-state index in [0.717, 1.165) is 25.9 Å². The molecule has 0 saturated carbocycles. The summed E-state index contributed by atoms with van der Waals surface area (Å²) >= 11 is 0. The Hall–Kier alpha value is -0.780. The highest BCUT2D eigenvalue weighted by Crippen LogP contribution is 2.35. The second-order valence-corrected chi connectivity index (χ2v) is 6.81. The van der Waals surface area contributed by atoms with Crippen LogP contribution in [0.2, 0.25) is 0 Å². The van der Waals surface area contributed by atoms with Crippen LogP contribution in [0.4, 0.5) is 13.2 Å². The quantitative estimate of drug-likeness (QED) is 0.364. The van der Waals surface area contributed by atoms with Crippen molar-refractivity contribution in [2.75, 3.05) is 53.4 Å². The van der Waals surface area contributed by atoms with Crippen molar-refractivity contribution in [2.45, 2.75) is 25.4 Å². The first-order chi connectivity index (χ1) is 11.2. The van der Waals surface area contributed by atoms with Crippen LogP contribution in [0.5, 0.6) is 0 Å². The van der Waals surface area contributed by atoms with E-state index < -0.39 is 12.7 Å². The molecular weight excluding hydrogens is 450 g/mol. The molecule has 0 aliphatic carbocycles. The average molecular weight is 477 g/mol. The van der Waals surface area contributed by atoms with Gasteiger partial charge in [0, 0.05) is 51.6 Å². The van der Waals surface area contributed by atoms with Crippen molar-refractivity contribution >= 4 is 35.8 Å². The van der Waals surface area contributed by atoms with Gasteiger partial charge in [0.25, 0.3) is 0 Å². The molecule has 1 amide bonds. The summed E-state index contributed by atoms with van der Waals surface area (Å²) in [6.07, 6.45) is -1.66. The lowest BCUT2D eigenvalue weighted by atomic mass is 9.79. The van der Waals surface area contributed by atoms with Gasteiger partial charge in [-0.15, -0.1) is 24.0 Å². The lowest BCUT2D eigenvalue weighted by molar-refractivity contribution is -0.142. The summed E-state index contributed by atoms with van der Waals surface area (Å²) in [7, 11) is 3.12. The van der Waals surface area contributed by atoms with E-state index in [0.29, 0.717) is 25.5 Å². The Labute approximate surface area is 163 Å². The summed E-state index contributed by atoms with van der Waals surface area (Å²) in [6, 6.07) is 0. The van der Waals surface area contributed by atoms with Crippen LogP contribution >= 0.6 is 24.0 Å². The van der Waals surface area contributed by atoms with E-state index in [1.807, 2.05) is 0 Å². The van der Waals surface area contributed by atoms with Crippen LogP contribution < -0.4 is 10.6 Å². The molecule has 2 saturated heterocycles. The van der Waals surface area contributed by atoms with Gasteiger partial charge in [0.05, 0.1) is 6.54 Å². The molecule has 1 spiro atoms. The number of aliphatic imine (C=N–C) groups is 1. The minimum atomic E-state index is -4.18. The van der Waals surface area contributed by atoms with Gasteiger partial charge in [-0.25, -0.2) is 0 Å². The number of carbonyl (C=O) groups is 1. The molecule has 0 aromatic heterocycles. The summed E-state index contributed by atoms with van der Waals surface area (Å²) < 4.78 is 37.0. The number of likely N-dealkylation sites (tertiary alicyclic amines) is 1. The lowest BCUT2D eigenvalue weighted by Crippen LogP contribution is -2.52. The van der Waals surface area contributed by atoms with E-state index in [1.165, 1.54) is 11.9 Å². The minimum absolute atomic E-state index is 0. The Bertz CT molecular complexity index is 488. The zero-order valence-corrected chi connectivity index (χ0v) is 17.0. The number of rotatable bonds is 4. The molecule has 146 valence electrons. The molecule has 25 heavy (non-hydrogen) atoms. The first-order valence-corrected chi connectivity index (χ1v) is 8.21. The number of hydrogen-bond acceptors (Lipinski definition) is 3. The third-order valence-corrected chi connectivity index (χ3v) is 4.59. The third-order valence-electron chi connectivity index (χ3n) is 4.59. The van der Waals surface area contributed by atoms with Crippen molar-refractivity contribution in [3.63, 3.8) is 0 Å². The molecule has 0 bridgehead atoms. The standard InChI is InChI=1S/C15H26F3N5O.HI/c1-19-13(20-5-7-22(2)11-15(16,17)18)23-6-3-4-14(10-23)8-12(24)21-9-14;/h3-11H2,1-2H3,(H,19,20)(H,21,24);1H. The van der Waals surface area contributed by atoms with E-state index in [4.69, 9.17) is 0 Å². The van der Waals surface area contributed by atoms with Crippen LogP contribution in [0, 0.1) is 5.41 Å². The average Bonchev–Trinajstić information content (AvgIpc) is 2.82. The first kappa shape index (κ1) is 22.3. The summed E-state index contributed by atoms with van der Waals surface area (Å²) in [5.74, 6) is 0.780. The largest absolute Gasteiger partial charge is 0.401 e. The molecule has 10 heteroatoms. The van der Waals surface area contributed by atoms with Gasteiger partial charge >= 0.3 is 6.18 Å². The van der Waals surface area contributed by atoms with Crippen LogP contribution in [-0.2, 0) is 4.79 Å². The molecule has 2 N–H and O–H groups in total. The van der Waals surface area contributed by atoms with Gasteiger partial charge in [-0.3, -0.25) is 14.7 Å². The van der Waals surface area contributed by atoms with Gasteiger partial charge in [0.1, 0.15) is 0 Å². The predicted octanol–water partition coefficient (Wildman–Crippen LogP) is 1.28. The molecule has 1 unspecified atom stereocenters. The number of hydrogen-bond donors (Lipinski definition) is 2. The van der Waals surface area contributed by atoms with Crippen molar-refractivity contribution in [1.82, 2.24) is 20.4 Å². The van der Waals surface area contributed by atoms with Crippen molar-refractivity contribution in [3.05, 3.63) is 0 Å². The maximum absolute atomic E-state index is 12.3. The highest BCUT2D eigenvalue weighted by molar-refractivity contribution is 14.0. The Morgan fingerprint density at radius 3 is 2.76 bits per heavy atom. The van der Waals surface area contributed by atoms with E-state index in [2.05, 4.69) is 20.5 Å². The highest BCUT2D eigenvalue weighted by Gasteiger charge is 2.42. The van der Waals surface area contributed by atoms with Crippen LogP contribution in [0.1, 0.15) is 19.3 Å². The van der Waals surface area contributed by atoms with E-state index in [1.54, 1.807) is 7.05 Å². The zero-order chi connectivity index (χ0) is 17.8. The van der Waals surface area contributed by atoms with E-state index >= 15 is 0 Å². The number of carbonyl (C=O) groups excluding carboxylic acids is 1. The SMILES string of the molecule is CN=C(NCCN(C)CC(F)(F)F)N1CCCC2(CNC(=O)C2)C1.I. The monoisotopic (exact) mass is 477 g/mol. The van der Waals surface area contributed by atoms with Crippen molar-refractivity contribution < 1.29 is 18.0 Å². The maximum atomic E-state index is 12.3. The van der Waals surface area contributed by atoms with Gasteiger partial charge in [-0.2, -0.15) is 13.2 Å². The number of piperidine rings is 1. The molecule has 2 fully saturated rings. The molecule has 2 heterocycles. The van der Waals surface area contributed by atoms with Crippen molar-refractivity contribution in [3.8, 4) is 0 Å². The number of guanidine groups is 1. The second kappa shape index (κ2) is 9.24. The molecule has 6 nitrogen and oxygen atoms in total. The first-order valence-electron chi connectivity index (χ1n) is 8.21. The zero-order valence-electron chi connectivity index (χ0n) is 14.7. The number of nitrogens with zero attached hydrogens (tertiary/aromatic N) is 3. The number of alkyl halides is 3. The van der Waals surface area contributed by atoms with Crippen LogP contribution in [0.25, 0.3) is 0 Å².